The molecule has 0 radical (unpaired) electrons. The van der Waals surface area contributed by atoms with Crippen molar-refractivity contribution < 1.29 is 37.0 Å². The highest BCUT2D eigenvalue weighted by Gasteiger charge is 2.48. The zero-order valence-electron chi connectivity index (χ0n) is 26.4. The topological polar surface area (TPSA) is 118 Å². The molecule has 4 aromatic rings. The fraction of sp³-hybridized carbons (Fsp3) is 0.353. The van der Waals surface area contributed by atoms with E-state index in [1.165, 1.54) is 18.1 Å². The number of nitriles is 1. The van der Waals surface area contributed by atoms with Crippen molar-refractivity contribution in [3.8, 4) is 40.0 Å². The van der Waals surface area contributed by atoms with Gasteiger partial charge in [-0.3, -0.25) is 9.78 Å². The lowest BCUT2D eigenvalue weighted by atomic mass is 10.0. The molecule has 46 heavy (non-hydrogen) atoms. The van der Waals surface area contributed by atoms with Crippen molar-refractivity contribution >= 4 is 23.1 Å². The first kappa shape index (κ1) is 32.2. The van der Waals surface area contributed by atoms with E-state index in [1.54, 1.807) is 83.5 Å². The predicted molar refractivity (Wildman–Crippen MR) is 166 cm³/mol. The number of methoxy groups -OCH3 is 1. The first-order valence-corrected chi connectivity index (χ1v) is 14.6. The molecule has 0 spiro atoms. The van der Waals surface area contributed by atoms with Gasteiger partial charge in [0.1, 0.15) is 34.4 Å². The molecule has 240 valence electrons. The minimum atomic E-state index is -3.37. The number of carbonyl (C=O) groups excluding carboxylic acids is 2. The number of piperidine rings is 1. The first-order valence-electron chi connectivity index (χ1n) is 14.6. The third kappa shape index (κ3) is 6.59. The van der Waals surface area contributed by atoms with Crippen LogP contribution in [-0.2, 0) is 4.74 Å². The summed E-state index contributed by atoms with van der Waals surface area (Å²) in [4.78, 5) is 31.7. The molecule has 2 amide bonds. The second kappa shape index (κ2) is 12.3. The van der Waals surface area contributed by atoms with Crippen LogP contribution in [0.3, 0.4) is 0 Å². The number of fused-ring (bicyclic) bond motifs is 1. The minimum Gasteiger partial charge on any atom is -0.496 e. The molecule has 0 bridgehead atoms. The maximum Gasteiger partial charge on any atom is 0.410 e. The Balaban J connectivity index is 1.41. The predicted octanol–water partition coefficient (Wildman–Crippen LogP) is 6.77. The van der Waals surface area contributed by atoms with Crippen molar-refractivity contribution in [3.63, 3.8) is 0 Å². The highest BCUT2D eigenvalue weighted by Crippen LogP contribution is 2.39. The molecule has 1 unspecified atom stereocenters. The second-order valence-corrected chi connectivity index (χ2v) is 12.2. The quantitative estimate of drug-likeness (QED) is 0.229. The largest absolute Gasteiger partial charge is 0.496 e. The van der Waals surface area contributed by atoms with Crippen LogP contribution >= 0.6 is 0 Å². The summed E-state index contributed by atoms with van der Waals surface area (Å²) in [6, 6.07) is 15.3. The number of pyridine rings is 1. The van der Waals surface area contributed by atoms with Crippen LogP contribution in [-0.4, -0.2) is 78.7 Å². The number of ether oxygens (including phenoxy) is 3. The summed E-state index contributed by atoms with van der Waals surface area (Å²) in [6.45, 7) is 4.16. The molecule has 0 N–H and O–H groups in total. The number of hydrogen-bond donors (Lipinski definition) is 0. The average molecular weight is 633 g/mol. The fourth-order valence-corrected chi connectivity index (χ4v) is 5.17. The van der Waals surface area contributed by atoms with Gasteiger partial charge in [-0.05, 0) is 62.7 Å². The SMILES string of the molecule is COc1cc(C(=O)N(C)C)ccc1-c1cc2nccc(-c3ccc(OC4CCN(C(=O)OC(C)(C)C)CC4(F)F)c(C#N)c3)c2o1. The summed E-state index contributed by atoms with van der Waals surface area (Å²) in [6.07, 6.45) is -0.902. The van der Waals surface area contributed by atoms with Crippen LogP contribution in [0, 0.1) is 11.3 Å². The molecule has 10 nitrogen and oxygen atoms in total. The fourth-order valence-electron chi connectivity index (χ4n) is 5.17. The Kier molecular flexibility index (Phi) is 8.62. The summed E-state index contributed by atoms with van der Waals surface area (Å²) >= 11 is 0. The van der Waals surface area contributed by atoms with Gasteiger partial charge in [0.25, 0.3) is 5.91 Å². The molecular weight excluding hydrogens is 598 g/mol. The van der Waals surface area contributed by atoms with Crippen molar-refractivity contribution in [2.24, 2.45) is 0 Å². The van der Waals surface area contributed by atoms with Gasteiger partial charge in [0.15, 0.2) is 11.7 Å². The Morgan fingerprint density at radius 1 is 1.09 bits per heavy atom. The van der Waals surface area contributed by atoms with Crippen LogP contribution in [0.25, 0.3) is 33.6 Å². The van der Waals surface area contributed by atoms with E-state index in [1.807, 2.05) is 6.07 Å². The van der Waals surface area contributed by atoms with Gasteiger partial charge < -0.3 is 28.4 Å². The van der Waals surface area contributed by atoms with E-state index < -0.39 is 30.3 Å². The molecular formula is C34H34F2N4O6. The lowest BCUT2D eigenvalue weighted by molar-refractivity contribution is -0.137. The van der Waals surface area contributed by atoms with Crippen LogP contribution in [0.2, 0.25) is 0 Å². The van der Waals surface area contributed by atoms with Gasteiger partial charge in [0.05, 0.1) is 24.8 Å². The zero-order chi connectivity index (χ0) is 33.4. The Bertz CT molecular complexity index is 1840. The van der Waals surface area contributed by atoms with Gasteiger partial charge in [-0.1, -0.05) is 6.07 Å². The van der Waals surface area contributed by atoms with E-state index in [2.05, 4.69) is 4.98 Å². The molecule has 1 fully saturated rings. The molecule has 12 heteroatoms. The molecule has 1 aliphatic rings. The number of hydrogen-bond acceptors (Lipinski definition) is 8. The van der Waals surface area contributed by atoms with E-state index >= 15 is 8.78 Å². The number of benzene rings is 2. The van der Waals surface area contributed by atoms with Gasteiger partial charge in [0.2, 0.25) is 0 Å². The number of aromatic nitrogens is 1. The van der Waals surface area contributed by atoms with Gasteiger partial charge in [-0.15, -0.1) is 0 Å². The maximum atomic E-state index is 15.1. The Labute approximate surface area is 265 Å². The highest BCUT2D eigenvalue weighted by molar-refractivity contribution is 5.96. The monoisotopic (exact) mass is 632 g/mol. The number of likely N-dealkylation sites (tertiary alicyclic amines) is 1. The second-order valence-electron chi connectivity index (χ2n) is 12.2. The molecule has 2 aromatic carbocycles. The van der Waals surface area contributed by atoms with Crippen LogP contribution in [0.4, 0.5) is 13.6 Å². The van der Waals surface area contributed by atoms with Gasteiger partial charge in [-0.25, -0.2) is 13.6 Å². The summed E-state index contributed by atoms with van der Waals surface area (Å²) in [5.74, 6) is -2.65. The number of nitrogens with zero attached hydrogens (tertiary/aromatic N) is 4. The van der Waals surface area contributed by atoms with Crippen LogP contribution in [0.5, 0.6) is 11.5 Å². The Morgan fingerprint density at radius 2 is 1.85 bits per heavy atom. The minimum absolute atomic E-state index is 0.00387. The number of amides is 2. The van der Waals surface area contributed by atoms with E-state index in [4.69, 9.17) is 18.6 Å². The van der Waals surface area contributed by atoms with Gasteiger partial charge in [-0.2, -0.15) is 5.26 Å². The van der Waals surface area contributed by atoms with E-state index in [-0.39, 0.29) is 30.2 Å². The molecule has 3 heterocycles. The third-order valence-corrected chi connectivity index (χ3v) is 7.40. The summed E-state index contributed by atoms with van der Waals surface area (Å²) in [7, 11) is 4.83. The Morgan fingerprint density at radius 3 is 2.50 bits per heavy atom. The summed E-state index contributed by atoms with van der Waals surface area (Å²) in [5, 5.41) is 9.93. The van der Waals surface area contributed by atoms with E-state index in [0.717, 1.165) is 4.90 Å². The van der Waals surface area contributed by atoms with E-state index in [0.29, 0.717) is 44.9 Å². The average Bonchev–Trinajstić information content (AvgIpc) is 3.44. The number of carbonyl (C=O) groups is 2. The molecule has 2 aromatic heterocycles. The van der Waals surface area contributed by atoms with Crippen molar-refractivity contribution in [1.82, 2.24) is 14.8 Å². The smallest absolute Gasteiger partial charge is 0.410 e. The number of alkyl halides is 2. The van der Waals surface area contributed by atoms with Crippen molar-refractivity contribution in [3.05, 3.63) is 65.9 Å². The first-order chi connectivity index (χ1) is 21.7. The normalized spacial score (nSPS) is 16.1. The van der Waals surface area contributed by atoms with Crippen LogP contribution in [0.15, 0.2) is 59.1 Å². The Hall–Kier alpha value is -5.18. The molecule has 0 aliphatic carbocycles. The molecule has 0 saturated carbocycles. The molecule has 1 aliphatic heterocycles. The maximum absolute atomic E-state index is 15.1. The lowest BCUT2D eigenvalue weighted by Gasteiger charge is -2.38. The summed E-state index contributed by atoms with van der Waals surface area (Å²) in [5.41, 5.74) is 2.50. The number of halogens is 2. The number of furan rings is 1. The van der Waals surface area contributed by atoms with Crippen LogP contribution in [0.1, 0.15) is 43.1 Å². The highest BCUT2D eigenvalue weighted by atomic mass is 19.3. The standard InChI is InChI=1S/C34H34F2N4O6/c1-33(2,3)46-32(42)40-14-12-29(34(35,36)19-40)44-26-10-8-20(15-22(26)18-37)23-11-13-38-25-17-28(45-30(23)25)24-9-7-21(16-27(24)43-6)31(41)39(4)5/h7-11,13,15-17,29H,12,14,19H2,1-6H3. The molecule has 1 atom stereocenters. The van der Waals surface area contributed by atoms with Gasteiger partial charge in [0, 0.05) is 50.5 Å². The van der Waals surface area contributed by atoms with E-state index in [9.17, 15) is 14.9 Å². The zero-order valence-corrected chi connectivity index (χ0v) is 26.4. The molecule has 5 rings (SSSR count). The van der Waals surface area contributed by atoms with Gasteiger partial charge >= 0.3 is 12.0 Å². The van der Waals surface area contributed by atoms with Crippen molar-refractivity contribution in [2.45, 2.75) is 44.8 Å². The van der Waals surface area contributed by atoms with Crippen molar-refractivity contribution in [2.75, 3.05) is 34.3 Å². The third-order valence-electron chi connectivity index (χ3n) is 7.40. The number of rotatable bonds is 6. The van der Waals surface area contributed by atoms with Crippen LogP contribution < -0.4 is 9.47 Å². The van der Waals surface area contributed by atoms with Crippen molar-refractivity contribution in [1.29, 1.82) is 5.26 Å². The summed E-state index contributed by atoms with van der Waals surface area (Å²) < 4.78 is 53.0. The lowest BCUT2D eigenvalue weighted by Crippen LogP contribution is -2.56. The molecule has 1 saturated heterocycles.